The second-order valence-corrected chi connectivity index (χ2v) is 6.20. The highest BCUT2D eigenvalue weighted by Crippen LogP contribution is 2.42. The van der Waals surface area contributed by atoms with E-state index < -0.39 is 26.5 Å². The van der Waals surface area contributed by atoms with Gasteiger partial charge in [-0.1, -0.05) is 24.3 Å². The molecule has 0 saturated carbocycles. The van der Waals surface area contributed by atoms with Crippen LogP contribution in [0.5, 0.6) is 11.5 Å². The van der Waals surface area contributed by atoms with Crippen LogP contribution in [0.25, 0.3) is 0 Å². The molecule has 5 nitrogen and oxygen atoms in total. The second kappa shape index (κ2) is 4.22. The van der Waals surface area contributed by atoms with Crippen LogP contribution in [0.2, 0.25) is 0 Å². The number of hydrogen-bond donors (Lipinski definition) is 3. The van der Waals surface area contributed by atoms with E-state index in [2.05, 4.69) is 0 Å². The van der Waals surface area contributed by atoms with Gasteiger partial charge in [-0.3, -0.25) is 4.55 Å². The van der Waals surface area contributed by atoms with Crippen molar-refractivity contribution < 1.29 is 23.2 Å². The first-order valence-electron chi connectivity index (χ1n) is 5.99. The Morgan fingerprint density at radius 1 is 0.900 bits per heavy atom. The van der Waals surface area contributed by atoms with Gasteiger partial charge in [0.1, 0.15) is 4.90 Å². The van der Waals surface area contributed by atoms with Crippen LogP contribution in [-0.2, 0) is 23.0 Å². The second-order valence-electron chi connectivity index (χ2n) is 4.81. The lowest BCUT2D eigenvalue weighted by atomic mass is 9.85. The first kappa shape index (κ1) is 13.0. The number of fused-ring (bicyclic) bond motifs is 2. The minimum absolute atomic E-state index is 0.413. The van der Waals surface area contributed by atoms with Gasteiger partial charge in [0.05, 0.1) is 0 Å². The van der Waals surface area contributed by atoms with Crippen molar-refractivity contribution in [3.05, 3.63) is 52.6 Å². The number of aromatic hydroxyl groups is 2. The van der Waals surface area contributed by atoms with Gasteiger partial charge in [-0.15, -0.1) is 0 Å². The molecule has 0 aliphatic heterocycles. The number of phenols is 2. The van der Waals surface area contributed by atoms with Crippen molar-refractivity contribution in [2.75, 3.05) is 0 Å². The molecule has 0 saturated heterocycles. The quantitative estimate of drug-likeness (QED) is 0.470. The van der Waals surface area contributed by atoms with Crippen LogP contribution in [0.15, 0.2) is 35.2 Å². The Morgan fingerprint density at radius 3 is 2.10 bits per heavy atom. The highest BCUT2D eigenvalue weighted by Gasteiger charge is 2.26. The summed E-state index contributed by atoms with van der Waals surface area (Å²) in [5.41, 5.74) is 3.14. The maximum atomic E-state index is 11.2. The maximum absolute atomic E-state index is 11.2. The molecule has 0 bridgehead atoms. The van der Waals surface area contributed by atoms with Gasteiger partial charge < -0.3 is 10.2 Å². The smallest absolute Gasteiger partial charge is 0.298 e. The molecule has 1 aliphatic rings. The molecule has 2 aromatic carbocycles. The zero-order valence-corrected chi connectivity index (χ0v) is 11.2. The average molecular weight is 292 g/mol. The van der Waals surface area contributed by atoms with Gasteiger partial charge in [0.15, 0.2) is 11.5 Å². The first-order valence-corrected chi connectivity index (χ1v) is 7.43. The summed E-state index contributed by atoms with van der Waals surface area (Å²) in [6.07, 6.45) is 0.860. The van der Waals surface area contributed by atoms with Crippen molar-refractivity contribution >= 4 is 10.1 Å². The summed E-state index contributed by atoms with van der Waals surface area (Å²) < 4.78 is 31.5. The third-order valence-corrected chi connectivity index (χ3v) is 4.45. The van der Waals surface area contributed by atoms with Crippen molar-refractivity contribution in [3.8, 4) is 11.5 Å². The lowest BCUT2D eigenvalue weighted by Gasteiger charge is -2.21. The number of benzene rings is 2. The summed E-state index contributed by atoms with van der Waals surface area (Å²) in [6.45, 7) is 0. The summed E-state index contributed by atoms with van der Waals surface area (Å²) in [4.78, 5) is -0.659. The molecule has 0 heterocycles. The van der Waals surface area contributed by atoms with Crippen molar-refractivity contribution in [1.82, 2.24) is 0 Å². The van der Waals surface area contributed by atoms with E-state index in [-0.39, 0.29) is 0 Å². The lowest BCUT2D eigenvalue weighted by molar-refractivity contribution is 0.384. The molecule has 0 fully saturated rings. The van der Waals surface area contributed by atoms with E-state index in [4.69, 9.17) is 4.55 Å². The van der Waals surface area contributed by atoms with E-state index in [1.54, 1.807) is 0 Å². The molecular weight excluding hydrogens is 280 g/mol. The minimum atomic E-state index is -4.58. The maximum Gasteiger partial charge on any atom is 0.298 e. The third-order valence-electron chi connectivity index (χ3n) is 3.58. The standard InChI is InChI=1S/C14H12O5S/c15-13-11-6-9-4-2-1-3-8(9)5-10(11)7-12(14(13)16)20(17,18)19/h1-4,7,15-16H,5-6H2,(H,17,18,19). The number of hydrogen-bond acceptors (Lipinski definition) is 4. The van der Waals surface area contributed by atoms with E-state index in [9.17, 15) is 18.6 Å². The van der Waals surface area contributed by atoms with E-state index in [0.29, 0.717) is 24.0 Å². The number of rotatable bonds is 1. The molecule has 2 aromatic rings. The largest absolute Gasteiger partial charge is 0.504 e. The fourth-order valence-electron chi connectivity index (χ4n) is 2.58. The Hall–Kier alpha value is -2.05. The van der Waals surface area contributed by atoms with Crippen molar-refractivity contribution in [3.63, 3.8) is 0 Å². The van der Waals surface area contributed by atoms with Crippen LogP contribution in [0.1, 0.15) is 22.3 Å². The zero-order valence-electron chi connectivity index (χ0n) is 10.4. The van der Waals surface area contributed by atoms with E-state index in [1.165, 1.54) is 6.07 Å². The van der Waals surface area contributed by atoms with Gasteiger partial charge in [-0.2, -0.15) is 8.42 Å². The molecule has 20 heavy (non-hydrogen) atoms. The predicted octanol–water partition coefficient (Wildman–Crippen LogP) is 1.84. The minimum Gasteiger partial charge on any atom is -0.504 e. The molecule has 3 N–H and O–H groups in total. The average Bonchev–Trinajstić information content (AvgIpc) is 2.40. The summed E-state index contributed by atoms with van der Waals surface area (Å²) in [6, 6.07) is 8.83. The highest BCUT2D eigenvalue weighted by molar-refractivity contribution is 7.86. The molecule has 0 aromatic heterocycles. The monoisotopic (exact) mass is 292 g/mol. The molecule has 1 aliphatic carbocycles. The topological polar surface area (TPSA) is 94.8 Å². The van der Waals surface area contributed by atoms with Crippen LogP contribution in [0, 0.1) is 0 Å². The Balaban J connectivity index is 2.23. The summed E-state index contributed by atoms with van der Waals surface area (Å²) >= 11 is 0. The van der Waals surface area contributed by atoms with Gasteiger partial charge in [0, 0.05) is 12.0 Å². The molecular formula is C14H12O5S. The van der Waals surface area contributed by atoms with E-state index in [0.717, 1.165) is 11.1 Å². The van der Waals surface area contributed by atoms with Crippen LogP contribution in [0.4, 0.5) is 0 Å². The van der Waals surface area contributed by atoms with Gasteiger partial charge in [0.2, 0.25) is 0 Å². The Labute approximate surface area is 115 Å². The van der Waals surface area contributed by atoms with Crippen LogP contribution >= 0.6 is 0 Å². The normalized spacial score (nSPS) is 13.7. The van der Waals surface area contributed by atoms with Crippen molar-refractivity contribution in [2.24, 2.45) is 0 Å². The SMILES string of the molecule is O=S(=O)(O)c1cc2c(c(O)c1O)Cc1ccccc1C2. The van der Waals surface area contributed by atoms with Crippen LogP contribution < -0.4 is 0 Å². The van der Waals surface area contributed by atoms with Crippen LogP contribution in [-0.4, -0.2) is 23.2 Å². The van der Waals surface area contributed by atoms with E-state index in [1.807, 2.05) is 24.3 Å². The third kappa shape index (κ3) is 1.93. The summed E-state index contributed by atoms with van der Waals surface area (Å²) in [7, 11) is -4.58. The van der Waals surface area contributed by atoms with Gasteiger partial charge in [0.25, 0.3) is 10.1 Å². The Morgan fingerprint density at radius 2 is 1.50 bits per heavy atom. The van der Waals surface area contributed by atoms with Crippen LogP contribution in [0.3, 0.4) is 0 Å². The Kier molecular flexibility index (Phi) is 2.74. The summed E-state index contributed by atoms with van der Waals surface area (Å²) in [5.74, 6) is -1.28. The molecule has 0 amide bonds. The predicted molar refractivity (Wildman–Crippen MR) is 71.6 cm³/mol. The fraction of sp³-hybridized carbons (Fsp3) is 0.143. The number of phenolic OH excluding ortho intramolecular Hbond substituents is 2. The van der Waals surface area contributed by atoms with Crippen molar-refractivity contribution in [1.29, 1.82) is 0 Å². The van der Waals surface area contributed by atoms with Crippen molar-refractivity contribution in [2.45, 2.75) is 17.7 Å². The fourth-order valence-corrected chi connectivity index (χ4v) is 3.21. The first-order chi connectivity index (χ1) is 9.38. The zero-order chi connectivity index (χ0) is 14.5. The molecule has 0 atom stereocenters. The molecule has 6 heteroatoms. The highest BCUT2D eigenvalue weighted by atomic mass is 32.2. The van der Waals surface area contributed by atoms with Gasteiger partial charge >= 0.3 is 0 Å². The Bertz CT molecular complexity index is 809. The molecule has 0 radical (unpaired) electrons. The molecule has 0 unspecified atom stereocenters. The molecule has 104 valence electrons. The van der Waals surface area contributed by atoms with E-state index >= 15 is 0 Å². The summed E-state index contributed by atoms with van der Waals surface area (Å²) in [5, 5.41) is 19.7. The van der Waals surface area contributed by atoms with Gasteiger partial charge in [-0.25, -0.2) is 0 Å². The molecule has 3 rings (SSSR count). The van der Waals surface area contributed by atoms with Gasteiger partial charge in [-0.05, 0) is 29.2 Å². The lowest BCUT2D eigenvalue weighted by Crippen LogP contribution is -2.10. The molecule has 0 spiro atoms.